The summed E-state index contributed by atoms with van der Waals surface area (Å²) < 4.78 is 5.64. The molecule has 2 aromatic rings. The summed E-state index contributed by atoms with van der Waals surface area (Å²) >= 11 is 1.15. The molecule has 0 atom stereocenters. The van der Waals surface area contributed by atoms with Gasteiger partial charge in [-0.1, -0.05) is 25.7 Å². The standard InChI is InChI=1S/C19H17NOS/c1-15(2)13-21-18-9-5-16(6-10-18)3-4-17-7-11-19(12-8-17)22-14-20/h5-12,15H,13H2,1-2H3. The largest absolute Gasteiger partial charge is 0.493 e. The van der Waals surface area contributed by atoms with Crippen molar-refractivity contribution in [3.05, 3.63) is 59.7 Å². The SMILES string of the molecule is CC(C)COc1ccc(C#Cc2ccc(SC#N)cc2)cc1. The van der Waals surface area contributed by atoms with Crippen LogP contribution < -0.4 is 4.74 Å². The van der Waals surface area contributed by atoms with Crippen molar-refractivity contribution in [1.82, 2.24) is 0 Å². The molecule has 0 aliphatic heterocycles. The summed E-state index contributed by atoms with van der Waals surface area (Å²) in [6, 6.07) is 15.5. The fourth-order valence-electron chi connectivity index (χ4n) is 1.70. The highest BCUT2D eigenvalue weighted by Crippen LogP contribution is 2.16. The lowest BCUT2D eigenvalue weighted by Crippen LogP contribution is -2.04. The molecule has 0 saturated carbocycles. The second kappa shape index (κ2) is 8.17. The van der Waals surface area contributed by atoms with E-state index in [1.165, 1.54) is 0 Å². The molecule has 0 saturated heterocycles. The number of ether oxygens (including phenoxy) is 1. The summed E-state index contributed by atoms with van der Waals surface area (Å²) in [7, 11) is 0. The first kappa shape index (κ1) is 16.0. The van der Waals surface area contributed by atoms with Crippen molar-refractivity contribution in [3.8, 4) is 23.0 Å². The molecule has 110 valence electrons. The van der Waals surface area contributed by atoms with E-state index in [0.29, 0.717) is 5.92 Å². The predicted octanol–water partition coefficient (Wildman–Crippen LogP) is 4.69. The minimum absolute atomic E-state index is 0.515. The van der Waals surface area contributed by atoms with E-state index < -0.39 is 0 Å². The zero-order chi connectivity index (χ0) is 15.8. The van der Waals surface area contributed by atoms with Crippen molar-refractivity contribution in [2.24, 2.45) is 5.92 Å². The van der Waals surface area contributed by atoms with Crippen molar-refractivity contribution in [2.75, 3.05) is 6.61 Å². The van der Waals surface area contributed by atoms with E-state index in [2.05, 4.69) is 31.1 Å². The van der Waals surface area contributed by atoms with Crippen LogP contribution in [0.5, 0.6) is 5.75 Å². The lowest BCUT2D eigenvalue weighted by atomic mass is 10.2. The van der Waals surface area contributed by atoms with Crippen LogP contribution in [0.4, 0.5) is 0 Å². The first-order valence-electron chi connectivity index (χ1n) is 7.08. The maximum atomic E-state index is 8.61. The van der Waals surface area contributed by atoms with Crippen LogP contribution in [0, 0.1) is 28.4 Å². The van der Waals surface area contributed by atoms with Crippen LogP contribution in [0.2, 0.25) is 0 Å². The molecule has 2 aromatic carbocycles. The zero-order valence-corrected chi connectivity index (χ0v) is 13.5. The first-order valence-corrected chi connectivity index (χ1v) is 7.90. The molecule has 3 heteroatoms. The van der Waals surface area contributed by atoms with Gasteiger partial charge in [-0.3, -0.25) is 0 Å². The Hall–Kier alpha value is -2.36. The van der Waals surface area contributed by atoms with E-state index >= 15 is 0 Å². The minimum Gasteiger partial charge on any atom is -0.493 e. The number of nitrogens with zero attached hydrogens (tertiary/aromatic N) is 1. The van der Waals surface area contributed by atoms with E-state index in [1.807, 2.05) is 48.5 Å². The monoisotopic (exact) mass is 307 g/mol. The van der Waals surface area contributed by atoms with Crippen LogP contribution in [-0.2, 0) is 0 Å². The molecule has 0 spiro atoms. The second-order valence-electron chi connectivity index (χ2n) is 5.20. The van der Waals surface area contributed by atoms with E-state index in [-0.39, 0.29) is 0 Å². The van der Waals surface area contributed by atoms with E-state index in [1.54, 1.807) is 0 Å². The summed E-state index contributed by atoms with van der Waals surface area (Å²) in [6.45, 7) is 4.97. The highest BCUT2D eigenvalue weighted by molar-refractivity contribution is 8.03. The van der Waals surface area contributed by atoms with Gasteiger partial charge in [-0.25, -0.2) is 0 Å². The molecule has 0 fully saturated rings. The zero-order valence-electron chi connectivity index (χ0n) is 12.7. The molecule has 0 radical (unpaired) electrons. The molecular formula is C19H17NOS. The number of hydrogen-bond acceptors (Lipinski definition) is 3. The van der Waals surface area contributed by atoms with Crippen LogP contribution >= 0.6 is 11.8 Å². The normalized spacial score (nSPS) is 9.73. The molecule has 0 amide bonds. The van der Waals surface area contributed by atoms with Crippen LogP contribution in [0.25, 0.3) is 0 Å². The number of benzene rings is 2. The number of hydrogen-bond donors (Lipinski definition) is 0. The molecule has 2 nitrogen and oxygen atoms in total. The van der Waals surface area contributed by atoms with Gasteiger partial charge in [0.1, 0.15) is 11.2 Å². The lowest BCUT2D eigenvalue weighted by molar-refractivity contribution is 0.271. The summed E-state index contributed by atoms with van der Waals surface area (Å²) in [4.78, 5) is 0.930. The first-order chi connectivity index (χ1) is 10.7. The average molecular weight is 307 g/mol. The number of thioether (sulfide) groups is 1. The Kier molecular flexibility index (Phi) is 5.95. The van der Waals surface area contributed by atoms with Gasteiger partial charge in [0.2, 0.25) is 0 Å². The van der Waals surface area contributed by atoms with Crippen LogP contribution in [-0.4, -0.2) is 6.61 Å². The topological polar surface area (TPSA) is 33.0 Å². The Balaban J connectivity index is 2.00. The average Bonchev–Trinajstić information content (AvgIpc) is 2.53. The molecule has 0 unspecified atom stereocenters. The summed E-state index contributed by atoms with van der Waals surface area (Å²) in [6.07, 6.45) is 0. The third-order valence-electron chi connectivity index (χ3n) is 2.81. The number of nitriles is 1. The molecule has 0 aliphatic rings. The van der Waals surface area contributed by atoms with Crippen molar-refractivity contribution < 1.29 is 4.74 Å². The fourth-order valence-corrected chi connectivity index (χ4v) is 2.08. The van der Waals surface area contributed by atoms with E-state index in [9.17, 15) is 0 Å². The van der Waals surface area contributed by atoms with Crippen molar-refractivity contribution >= 4 is 11.8 Å². The third-order valence-corrected chi connectivity index (χ3v) is 3.41. The van der Waals surface area contributed by atoms with Gasteiger partial charge in [-0.05, 0) is 66.2 Å². The van der Waals surface area contributed by atoms with Gasteiger partial charge in [0, 0.05) is 16.0 Å². The maximum absolute atomic E-state index is 8.61. The molecule has 0 aromatic heterocycles. The van der Waals surface area contributed by atoms with Crippen LogP contribution in [0.15, 0.2) is 53.4 Å². The highest BCUT2D eigenvalue weighted by atomic mass is 32.2. The van der Waals surface area contributed by atoms with E-state index in [4.69, 9.17) is 10.00 Å². The maximum Gasteiger partial charge on any atom is 0.138 e. The van der Waals surface area contributed by atoms with Crippen molar-refractivity contribution in [1.29, 1.82) is 5.26 Å². The number of rotatable bonds is 4. The Morgan fingerprint density at radius 3 is 2.00 bits per heavy atom. The summed E-state index contributed by atoms with van der Waals surface area (Å²) in [5.41, 5.74) is 1.88. The van der Waals surface area contributed by atoms with Crippen LogP contribution in [0.3, 0.4) is 0 Å². The van der Waals surface area contributed by atoms with E-state index in [0.717, 1.165) is 40.1 Å². The molecule has 22 heavy (non-hydrogen) atoms. The Morgan fingerprint density at radius 1 is 0.955 bits per heavy atom. The predicted molar refractivity (Wildman–Crippen MR) is 90.7 cm³/mol. The summed E-state index contributed by atoms with van der Waals surface area (Å²) in [5.74, 6) is 7.63. The van der Waals surface area contributed by atoms with Gasteiger partial charge in [-0.15, -0.1) is 0 Å². The van der Waals surface area contributed by atoms with Crippen molar-refractivity contribution in [2.45, 2.75) is 18.7 Å². The van der Waals surface area contributed by atoms with Gasteiger partial charge in [0.05, 0.1) is 6.61 Å². The van der Waals surface area contributed by atoms with Crippen LogP contribution in [0.1, 0.15) is 25.0 Å². The second-order valence-corrected chi connectivity index (χ2v) is 6.06. The molecule has 0 bridgehead atoms. The smallest absolute Gasteiger partial charge is 0.138 e. The van der Waals surface area contributed by atoms with Crippen molar-refractivity contribution in [3.63, 3.8) is 0 Å². The quantitative estimate of drug-likeness (QED) is 0.466. The van der Waals surface area contributed by atoms with Gasteiger partial charge in [0.25, 0.3) is 0 Å². The van der Waals surface area contributed by atoms with Gasteiger partial charge in [0.15, 0.2) is 0 Å². The third kappa shape index (κ3) is 5.20. The minimum atomic E-state index is 0.515. The highest BCUT2D eigenvalue weighted by Gasteiger charge is 1.97. The Labute approximate surface area is 136 Å². The Morgan fingerprint density at radius 2 is 1.50 bits per heavy atom. The lowest BCUT2D eigenvalue weighted by Gasteiger charge is -2.08. The van der Waals surface area contributed by atoms with Gasteiger partial charge in [-0.2, -0.15) is 5.26 Å². The van der Waals surface area contributed by atoms with Gasteiger partial charge >= 0.3 is 0 Å². The molecular weight excluding hydrogens is 290 g/mol. The Bertz CT molecular complexity index is 700. The molecule has 0 heterocycles. The summed E-state index contributed by atoms with van der Waals surface area (Å²) in [5, 5.41) is 10.7. The number of thiocyanates is 1. The fraction of sp³-hybridized carbons (Fsp3) is 0.211. The molecule has 0 aliphatic carbocycles. The molecule has 0 N–H and O–H groups in total. The molecule has 2 rings (SSSR count). The van der Waals surface area contributed by atoms with Gasteiger partial charge < -0.3 is 4.74 Å².